The van der Waals surface area contributed by atoms with Gasteiger partial charge in [-0.15, -0.1) is 0 Å². The van der Waals surface area contributed by atoms with Gasteiger partial charge < -0.3 is 19.3 Å². The lowest BCUT2D eigenvalue weighted by Gasteiger charge is -2.23. The van der Waals surface area contributed by atoms with Crippen LogP contribution in [0.3, 0.4) is 0 Å². The Kier molecular flexibility index (Phi) is 6.61. The minimum atomic E-state index is -1.41. The average molecular weight is 516 g/mol. The molecule has 0 aliphatic carbocycles. The van der Waals surface area contributed by atoms with Gasteiger partial charge >= 0.3 is 11.9 Å². The van der Waals surface area contributed by atoms with Crippen LogP contribution in [0.25, 0.3) is 17.2 Å². The zero-order valence-corrected chi connectivity index (χ0v) is 20.1. The third kappa shape index (κ3) is 4.59. The second kappa shape index (κ2) is 10.2. The molecule has 1 aliphatic rings. The molecular weight excluding hydrogens is 495 g/mol. The SMILES string of the molecule is CCOC(=O)c1c(OCc2ccccc2)c2ncc(Cc3ccc(F)cc3)c3c2n(c1=O)C=C(C(=O)O)O3. The topological polar surface area (TPSA) is 117 Å². The number of carbonyl (C=O) groups excluding carboxylic acids is 1. The number of halogens is 1. The van der Waals surface area contributed by atoms with E-state index >= 15 is 0 Å². The van der Waals surface area contributed by atoms with Gasteiger partial charge in [-0.1, -0.05) is 42.5 Å². The van der Waals surface area contributed by atoms with Gasteiger partial charge in [-0.25, -0.2) is 14.0 Å². The van der Waals surface area contributed by atoms with Crippen molar-refractivity contribution in [3.8, 4) is 11.5 Å². The van der Waals surface area contributed by atoms with Gasteiger partial charge in [-0.05, 0) is 30.2 Å². The van der Waals surface area contributed by atoms with Crippen LogP contribution in [0, 0.1) is 5.82 Å². The zero-order valence-electron chi connectivity index (χ0n) is 20.1. The van der Waals surface area contributed by atoms with Crippen molar-refractivity contribution in [1.29, 1.82) is 0 Å². The Morgan fingerprint density at radius 3 is 2.50 bits per heavy atom. The smallest absolute Gasteiger partial charge is 0.373 e. The Morgan fingerprint density at radius 2 is 1.82 bits per heavy atom. The summed E-state index contributed by atoms with van der Waals surface area (Å²) in [5.74, 6) is -3.31. The van der Waals surface area contributed by atoms with E-state index in [2.05, 4.69) is 4.98 Å². The summed E-state index contributed by atoms with van der Waals surface area (Å²) >= 11 is 0. The van der Waals surface area contributed by atoms with Gasteiger partial charge in [0.15, 0.2) is 17.1 Å². The fraction of sp³-hybridized carbons (Fsp3) is 0.143. The van der Waals surface area contributed by atoms with Crippen molar-refractivity contribution >= 4 is 29.2 Å². The first-order chi connectivity index (χ1) is 18.4. The van der Waals surface area contributed by atoms with Crippen LogP contribution in [0.1, 0.15) is 34.0 Å². The van der Waals surface area contributed by atoms with E-state index in [0.717, 1.165) is 16.3 Å². The lowest BCUT2D eigenvalue weighted by atomic mass is 10.0. The zero-order chi connectivity index (χ0) is 26.8. The fourth-order valence-electron chi connectivity index (χ4n) is 4.14. The minimum Gasteiger partial charge on any atom is -0.485 e. The number of nitrogens with zero attached hydrogens (tertiary/aromatic N) is 2. The second-order valence-corrected chi connectivity index (χ2v) is 8.39. The molecule has 10 heteroatoms. The highest BCUT2D eigenvalue weighted by molar-refractivity contribution is 6.02. The number of aliphatic carboxylic acids is 1. The molecule has 0 amide bonds. The molecule has 0 bridgehead atoms. The molecule has 5 rings (SSSR count). The molecule has 1 aliphatic heterocycles. The van der Waals surface area contributed by atoms with Gasteiger partial charge in [0.2, 0.25) is 5.76 Å². The number of hydrogen-bond acceptors (Lipinski definition) is 7. The van der Waals surface area contributed by atoms with E-state index in [1.54, 1.807) is 19.1 Å². The molecule has 0 spiro atoms. The molecule has 1 N–H and O–H groups in total. The lowest BCUT2D eigenvalue weighted by Crippen LogP contribution is -2.30. The van der Waals surface area contributed by atoms with Gasteiger partial charge in [0.1, 0.15) is 23.5 Å². The standard InChI is InChI=1S/C28H21FN2O7/c1-2-36-28(35)21-25(37-15-17-6-4-3-5-7-17)22-23-24(38-20(27(33)34)14-31(23)26(21)32)18(13-30-22)12-16-8-10-19(29)11-9-16/h3-11,13-14H,2,12,15H2,1H3,(H,33,34). The summed E-state index contributed by atoms with van der Waals surface area (Å²) in [5.41, 5.74) is 0.923. The maximum atomic E-state index is 13.6. The molecule has 192 valence electrons. The van der Waals surface area contributed by atoms with Crippen molar-refractivity contribution in [2.75, 3.05) is 6.61 Å². The summed E-state index contributed by atoms with van der Waals surface area (Å²) < 4.78 is 31.3. The van der Waals surface area contributed by atoms with Crippen LogP contribution >= 0.6 is 0 Å². The average Bonchev–Trinajstić information content (AvgIpc) is 2.92. The predicted molar refractivity (Wildman–Crippen MR) is 134 cm³/mol. The molecule has 0 atom stereocenters. The Labute approximate surface area is 215 Å². The number of carboxylic acids is 1. The number of rotatable bonds is 8. The molecule has 4 aromatic rings. The van der Waals surface area contributed by atoms with E-state index < -0.39 is 34.6 Å². The molecule has 0 saturated carbocycles. The Hall–Kier alpha value is -4.99. The number of benzene rings is 2. The third-order valence-corrected chi connectivity index (χ3v) is 5.88. The lowest BCUT2D eigenvalue weighted by molar-refractivity contribution is -0.134. The van der Waals surface area contributed by atoms with Crippen molar-refractivity contribution in [2.45, 2.75) is 20.0 Å². The number of carboxylic acid groups (broad SMARTS) is 1. The Morgan fingerprint density at radius 1 is 1.08 bits per heavy atom. The highest BCUT2D eigenvalue weighted by Gasteiger charge is 2.32. The van der Waals surface area contributed by atoms with Gasteiger partial charge in [-0.2, -0.15) is 0 Å². The summed E-state index contributed by atoms with van der Waals surface area (Å²) in [4.78, 5) is 42.9. The number of carbonyl (C=O) groups is 2. The van der Waals surface area contributed by atoms with Crippen LogP contribution in [0.5, 0.6) is 11.5 Å². The predicted octanol–water partition coefficient (Wildman–Crippen LogP) is 4.16. The molecule has 38 heavy (non-hydrogen) atoms. The fourth-order valence-corrected chi connectivity index (χ4v) is 4.14. The van der Waals surface area contributed by atoms with Gasteiger partial charge in [0.05, 0.1) is 12.8 Å². The van der Waals surface area contributed by atoms with E-state index in [-0.39, 0.29) is 42.2 Å². The summed E-state index contributed by atoms with van der Waals surface area (Å²) in [6, 6.07) is 14.9. The summed E-state index contributed by atoms with van der Waals surface area (Å²) in [5, 5.41) is 9.67. The molecule has 9 nitrogen and oxygen atoms in total. The minimum absolute atomic E-state index is 0.00302. The van der Waals surface area contributed by atoms with E-state index in [0.29, 0.717) is 11.1 Å². The number of pyridine rings is 2. The molecule has 0 unspecified atom stereocenters. The normalized spacial score (nSPS) is 12.0. The number of hydrogen-bond donors (Lipinski definition) is 1. The summed E-state index contributed by atoms with van der Waals surface area (Å²) in [6.45, 7) is 1.62. The maximum absolute atomic E-state index is 13.6. The third-order valence-electron chi connectivity index (χ3n) is 5.88. The maximum Gasteiger partial charge on any atom is 0.373 e. The molecule has 2 aromatic heterocycles. The van der Waals surface area contributed by atoms with Crippen LogP contribution in [-0.2, 0) is 22.6 Å². The molecular formula is C28H21FN2O7. The molecule has 0 fully saturated rings. The van der Waals surface area contributed by atoms with Gasteiger partial charge in [0, 0.05) is 18.2 Å². The van der Waals surface area contributed by atoms with Crippen LogP contribution in [0.2, 0.25) is 0 Å². The molecule has 3 heterocycles. The first-order valence-electron chi connectivity index (χ1n) is 11.7. The number of ether oxygens (including phenoxy) is 3. The van der Waals surface area contributed by atoms with E-state index in [4.69, 9.17) is 14.2 Å². The molecule has 2 aromatic carbocycles. The Balaban J connectivity index is 1.74. The van der Waals surface area contributed by atoms with Crippen molar-refractivity contribution in [1.82, 2.24) is 9.55 Å². The van der Waals surface area contributed by atoms with Crippen molar-refractivity contribution in [3.05, 3.63) is 105 Å². The highest BCUT2D eigenvalue weighted by Crippen LogP contribution is 2.39. The van der Waals surface area contributed by atoms with Crippen LogP contribution in [0.4, 0.5) is 4.39 Å². The summed E-state index contributed by atoms with van der Waals surface area (Å²) in [6.07, 6.45) is 2.65. The van der Waals surface area contributed by atoms with Crippen LogP contribution < -0.4 is 15.0 Å². The molecule has 0 saturated heterocycles. The van der Waals surface area contributed by atoms with E-state index in [1.807, 2.05) is 30.3 Å². The van der Waals surface area contributed by atoms with Gasteiger partial charge in [-0.3, -0.25) is 14.3 Å². The van der Waals surface area contributed by atoms with Crippen LogP contribution in [-0.4, -0.2) is 33.2 Å². The molecule has 0 radical (unpaired) electrons. The van der Waals surface area contributed by atoms with Crippen LogP contribution in [0.15, 0.2) is 71.3 Å². The highest BCUT2D eigenvalue weighted by atomic mass is 19.1. The van der Waals surface area contributed by atoms with Gasteiger partial charge in [0.25, 0.3) is 5.56 Å². The summed E-state index contributed by atoms with van der Waals surface area (Å²) in [7, 11) is 0. The monoisotopic (exact) mass is 516 g/mol. The first-order valence-corrected chi connectivity index (χ1v) is 11.7. The van der Waals surface area contributed by atoms with E-state index in [1.165, 1.54) is 18.3 Å². The number of esters is 1. The van der Waals surface area contributed by atoms with Crippen molar-refractivity contribution < 1.29 is 33.3 Å². The van der Waals surface area contributed by atoms with Crippen molar-refractivity contribution in [2.24, 2.45) is 0 Å². The largest absolute Gasteiger partial charge is 0.485 e. The van der Waals surface area contributed by atoms with Crippen molar-refractivity contribution in [3.63, 3.8) is 0 Å². The number of aromatic nitrogens is 2. The second-order valence-electron chi connectivity index (χ2n) is 8.39. The first kappa shape index (κ1) is 24.7. The van der Waals surface area contributed by atoms with E-state index in [9.17, 15) is 23.9 Å². The Bertz CT molecular complexity index is 1640. The quantitative estimate of drug-likeness (QED) is 0.347.